The minimum absolute atomic E-state index is 0.195. The van der Waals surface area contributed by atoms with E-state index in [4.69, 9.17) is 4.74 Å². The Morgan fingerprint density at radius 1 is 1.40 bits per heavy atom. The predicted octanol–water partition coefficient (Wildman–Crippen LogP) is 2.27. The second kappa shape index (κ2) is 3.91. The van der Waals surface area contributed by atoms with Crippen LogP contribution in [0.1, 0.15) is 25.5 Å². The van der Waals surface area contributed by atoms with Gasteiger partial charge in [-0.2, -0.15) is 0 Å². The molecule has 1 saturated heterocycles. The maximum Gasteiger partial charge on any atom is 0.129 e. The molecule has 82 valence electrons. The molecule has 1 aromatic carbocycles. The van der Waals surface area contributed by atoms with Crippen LogP contribution in [0.15, 0.2) is 24.3 Å². The Hall–Kier alpha value is -0.930. The van der Waals surface area contributed by atoms with Crippen LogP contribution in [0.25, 0.3) is 0 Å². The summed E-state index contributed by atoms with van der Waals surface area (Å²) in [7, 11) is 0. The zero-order chi connectivity index (χ0) is 10.9. The Morgan fingerprint density at radius 3 is 2.80 bits per heavy atom. The molecule has 0 aliphatic carbocycles. The molecule has 0 aromatic heterocycles. The van der Waals surface area contributed by atoms with Gasteiger partial charge in [0.2, 0.25) is 0 Å². The predicted molar refractivity (Wildman–Crippen MR) is 57.2 cm³/mol. The molecule has 1 fully saturated rings. The molecule has 1 aliphatic rings. The number of hydrogen-bond donors (Lipinski definition) is 1. The summed E-state index contributed by atoms with van der Waals surface area (Å²) in [6.45, 7) is 5.51. The van der Waals surface area contributed by atoms with Crippen molar-refractivity contribution < 1.29 is 9.13 Å². The molecular formula is C12H16FNO. The first kappa shape index (κ1) is 10.6. The molecule has 0 saturated carbocycles. The molecule has 1 aromatic rings. The summed E-state index contributed by atoms with van der Waals surface area (Å²) in [5, 5.41) is 3.34. The van der Waals surface area contributed by atoms with Crippen LogP contribution < -0.4 is 5.32 Å². The maximum atomic E-state index is 13.6. The van der Waals surface area contributed by atoms with E-state index in [9.17, 15) is 4.39 Å². The molecule has 0 spiro atoms. The SMILES string of the molecule is CC1(C)NCCOC1c1ccccc1F. The van der Waals surface area contributed by atoms with Gasteiger partial charge in [-0.15, -0.1) is 0 Å². The summed E-state index contributed by atoms with van der Waals surface area (Å²) in [5.41, 5.74) is 0.412. The number of nitrogens with one attached hydrogen (secondary N) is 1. The van der Waals surface area contributed by atoms with E-state index in [1.54, 1.807) is 12.1 Å². The van der Waals surface area contributed by atoms with Crippen LogP contribution in [0.5, 0.6) is 0 Å². The quantitative estimate of drug-likeness (QED) is 0.766. The van der Waals surface area contributed by atoms with Crippen molar-refractivity contribution in [1.82, 2.24) is 5.32 Å². The zero-order valence-electron chi connectivity index (χ0n) is 9.09. The lowest BCUT2D eigenvalue weighted by atomic mass is 9.89. The number of halogens is 1. The van der Waals surface area contributed by atoms with E-state index < -0.39 is 0 Å². The van der Waals surface area contributed by atoms with E-state index in [1.165, 1.54) is 6.07 Å². The van der Waals surface area contributed by atoms with Crippen LogP contribution in [0, 0.1) is 5.82 Å². The molecule has 1 heterocycles. The minimum Gasteiger partial charge on any atom is -0.370 e. The highest BCUT2D eigenvalue weighted by molar-refractivity contribution is 5.23. The number of hydrogen-bond acceptors (Lipinski definition) is 2. The molecule has 0 radical (unpaired) electrons. The molecule has 0 amide bonds. The number of rotatable bonds is 1. The lowest BCUT2D eigenvalue weighted by Gasteiger charge is -2.39. The molecule has 2 nitrogen and oxygen atoms in total. The third kappa shape index (κ3) is 2.03. The highest BCUT2D eigenvalue weighted by atomic mass is 19.1. The average Bonchev–Trinajstić information content (AvgIpc) is 2.19. The van der Waals surface area contributed by atoms with Crippen molar-refractivity contribution >= 4 is 0 Å². The van der Waals surface area contributed by atoms with Crippen LogP contribution in [0.4, 0.5) is 4.39 Å². The molecule has 1 N–H and O–H groups in total. The first-order valence-electron chi connectivity index (χ1n) is 5.22. The van der Waals surface area contributed by atoms with Crippen molar-refractivity contribution in [3.8, 4) is 0 Å². The third-order valence-corrected chi connectivity index (χ3v) is 2.81. The second-order valence-corrected chi connectivity index (χ2v) is 4.42. The van der Waals surface area contributed by atoms with Gasteiger partial charge in [0.05, 0.1) is 6.61 Å². The lowest BCUT2D eigenvalue weighted by Crippen LogP contribution is -2.51. The van der Waals surface area contributed by atoms with Gasteiger partial charge in [0.25, 0.3) is 0 Å². The summed E-state index contributed by atoms with van der Waals surface area (Å²) in [5.74, 6) is -0.195. The Labute approximate surface area is 89.4 Å². The van der Waals surface area contributed by atoms with Gasteiger partial charge in [-0.1, -0.05) is 18.2 Å². The summed E-state index contributed by atoms with van der Waals surface area (Å²) in [4.78, 5) is 0. The van der Waals surface area contributed by atoms with Gasteiger partial charge in [-0.25, -0.2) is 4.39 Å². The molecule has 1 atom stereocenters. The normalized spacial score (nSPS) is 25.1. The van der Waals surface area contributed by atoms with Gasteiger partial charge < -0.3 is 10.1 Å². The van der Waals surface area contributed by atoms with Crippen LogP contribution >= 0.6 is 0 Å². The average molecular weight is 209 g/mol. The fourth-order valence-electron chi connectivity index (χ4n) is 2.02. The molecular weight excluding hydrogens is 193 g/mol. The topological polar surface area (TPSA) is 21.3 Å². The minimum atomic E-state index is -0.222. The van der Waals surface area contributed by atoms with E-state index in [-0.39, 0.29) is 17.5 Å². The van der Waals surface area contributed by atoms with Crippen molar-refractivity contribution in [2.75, 3.05) is 13.2 Å². The highest BCUT2D eigenvalue weighted by Gasteiger charge is 2.35. The number of morpholine rings is 1. The van der Waals surface area contributed by atoms with Gasteiger partial charge in [0, 0.05) is 17.6 Å². The molecule has 1 aliphatic heterocycles. The molecule has 2 rings (SSSR count). The smallest absolute Gasteiger partial charge is 0.129 e. The van der Waals surface area contributed by atoms with Crippen LogP contribution in [-0.4, -0.2) is 18.7 Å². The first-order valence-corrected chi connectivity index (χ1v) is 5.22. The van der Waals surface area contributed by atoms with E-state index >= 15 is 0 Å². The Morgan fingerprint density at radius 2 is 2.13 bits per heavy atom. The summed E-state index contributed by atoms with van der Waals surface area (Å²) < 4.78 is 19.3. The molecule has 15 heavy (non-hydrogen) atoms. The standard InChI is InChI=1S/C12H16FNO/c1-12(2)11(15-8-7-14-12)9-5-3-4-6-10(9)13/h3-6,11,14H,7-8H2,1-2H3. The van der Waals surface area contributed by atoms with E-state index in [0.717, 1.165) is 6.54 Å². The fourth-order valence-corrected chi connectivity index (χ4v) is 2.02. The summed E-state index contributed by atoms with van der Waals surface area (Å²) >= 11 is 0. The van der Waals surface area contributed by atoms with Crippen LogP contribution in [-0.2, 0) is 4.74 Å². The first-order chi connectivity index (χ1) is 7.11. The monoisotopic (exact) mass is 209 g/mol. The van der Waals surface area contributed by atoms with Gasteiger partial charge in [-0.3, -0.25) is 0 Å². The van der Waals surface area contributed by atoms with E-state index in [1.807, 2.05) is 19.9 Å². The van der Waals surface area contributed by atoms with E-state index in [0.29, 0.717) is 12.2 Å². The van der Waals surface area contributed by atoms with Gasteiger partial charge >= 0.3 is 0 Å². The van der Waals surface area contributed by atoms with Crippen molar-refractivity contribution in [3.63, 3.8) is 0 Å². The second-order valence-electron chi connectivity index (χ2n) is 4.42. The van der Waals surface area contributed by atoms with Crippen molar-refractivity contribution in [1.29, 1.82) is 0 Å². The third-order valence-electron chi connectivity index (χ3n) is 2.81. The van der Waals surface area contributed by atoms with Gasteiger partial charge in [-0.05, 0) is 19.9 Å². The number of benzene rings is 1. The largest absolute Gasteiger partial charge is 0.370 e. The Kier molecular flexibility index (Phi) is 2.76. The number of ether oxygens (including phenoxy) is 1. The maximum absolute atomic E-state index is 13.6. The lowest BCUT2D eigenvalue weighted by molar-refractivity contribution is -0.0406. The van der Waals surface area contributed by atoms with Crippen molar-refractivity contribution in [2.45, 2.75) is 25.5 Å². The molecule has 0 bridgehead atoms. The van der Waals surface area contributed by atoms with Crippen LogP contribution in [0.3, 0.4) is 0 Å². The Balaban J connectivity index is 2.33. The van der Waals surface area contributed by atoms with E-state index in [2.05, 4.69) is 5.32 Å². The Bertz CT molecular complexity index is 351. The summed E-state index contributed by atoms with van der Waals surface area (Å²) in [6, 6.07) is 6.80. The van der Waals surface area contributed by atoms with Crippen molar-refractivity contribution in [3.05, 3.63) is 35.6 Å². The van der Waals surface area contributed by atoms with Gasteiger partial charge in [0.15, 0.2) is 0 Å². The van der Waals surface area contributed by atoms with Crippen LogP contribution in [0.2, 0.25) is 0 Å². The summed E-state index contributed by atoms with van der Waals surface area (Å²) in [6.07, 6.45) is -0.215. The molecule has 3 heteroatoms. The van der Waals surface area contributed by atoms with Gasteiger partial charge in [0.1, 0.15) is 11.9 Å². The molecule has 1 unspecified atom stereocenters. The fraction of sp³-hybridized carbons (Fsp3) is 0.500. The zero-order valence-corrected chi connectivity index (χ0v) is 9.09. The highest BCUT2D eigenvalue weighted by Crippen LogP contribution is 2.32. The van der Waals surface area contributed by atoms with Crippen molar-refractivity contribution in [2.24, 2.45) is 0 Å².